The van der Waals surface area contributed by atoms with Crippen LogP contribution in [0.2, 0.25) is 10.0 Å². The van der Waals surface area contributed by atoms with Gasteiger partial charge in [0.05, 0.1) is 16.6 Å². The quantitative estimate of drug-likeness (QED) is 0.539. The number of aryl methyl sites for hydroxylation is 4. The maximum Gasteiger partial charge on any atom is 0.259 e. The molecule has 3 rings (SSSR count). The maximum atomic E-state index is 13.2. The van der Waals surface area contributed by atoms with E-state index in [1.807, 2.05) is 32.9 Å². The van der Waals surface area contributed by atoms with Gasteiger partial charge in [-0.25, -0.2) is 0 Å². The second kappa shape index (κ2) is 9.12. The van der Waals surface area contributed by atoms with Crippen molar-refractivity contribution in [2.75, 3.05) is 18.9 Å². The molecule has 162 valence electrons. The van der Waals surface area contributed by atoms with Crippen LogP contribution in [0, 0.1) is 27.7 Å². The number of amides is 2. The first-order chi connectivity index (χ1) is 14.6. The Bertz CT molecular complexity index is 1130. The van der Waals surface area contributed by atoms with Crippen molar-refractivity contribution in [1.82, 2.24) is 10.1 Å². The third kappa shape index (κ3) is 4.75. The smallest absolute Gasteiger partial charge is 0.259 e. The fourth-order valence-electron chi connectivity index (χ4n) is 3.55. The van der Waals surface area contributed by atoms with E-state index < -0.39 is 5.91 Å². The molecular formula is C23H23Cl2N3O3. The van der Waals surface area contributed by atoms with Gasteiger partial charge in [0.25, 0.3) is 5.91 Å². The van der Waals surface area contributed by atoms with Crippen LogP contribution in [0.5, 0.6) is 0 Å². The number of carbonyl (C=O) groups is 2. The molecule has 0 fully saturated rings. The van der Waals surface area contributed by atoms with Crippen LogP contribution in [0.15, 0.2) is 34.9 Å². The molecule has 0 spiro atoms. The molecule has 0 atom stereocenters. The number of nitrogens with one attached hydrogen (secondary N) is 1. The highest BCUT2D eigenvalue weighted by Gasteiger charge is 2.27. The average molecular weight is 460 g/mol. The third-order valence-corrected chi connectivity index (χ3v) is 5.58. The number of hydrogen-bond acceptors (Lipinski definition) is 4. The van der Waals surface area contributed by atoms with E-state index in [0.717, 1.165) is 22.4 Å². The summed E-state index contributed by atoms with van der Waals surface area (Å²) in [5.74, 6) is -0.414. The van der Waals surface area contributed by atoms with Gasteiger partial charge in [-0.2, -0.15) is 0 Å². The molecule has 3 aromatic rings. The van der Waals surface area contributed by atoms with Gasteiger partial charge in [0, 0.05) is 18.3 Å². The standard InChI is InChI=1S/C23H23Cl2N3O3/c1-12-9-13(2)21(14(3)10-12)26-18(29)11-28(5)23(30)19-15(4)31-27-22(19)20-16(24)7-6-8-17(20)25/h6-10H,11H2,1-5H3,(H,26,29). The molecule has 0 radical (unpaired) electrons. The minimum absolute atomic E-state index is 0.147. The van der Waals surface area contributed by atoms with Crippen LogP contribution in [-0.2, 0) is 4.79 Å². The minimum atomic E-state index is -0.419. The van der Waals surface area contributed by atoms with Gasteiger partial charge in [0.2, 0.25) is 5.91 Å². The normalized spacial score (nSPS) is 10.8. The Labute approximate surface area is 191 Å². The van der Waals surface area contributed by atoms with Crippen LogP contribution in [0.4, 0.5) is 5.69 Å². The first-order valence-corrected chi connectivity index (χ1v) is 10.4. The third-order valence-electron chi connectivity index (χ3n) is 4.95. The lowest BCUT2D eigenvalue weighted by Gasteiger charge is -2.19. The van der Waals surface area contributed by atoms with Crippen LogP contribution in [0.3, 0.4) is 0 Å². The fourth-order valence-corrected chi connectivity index (χ4v) is 4.13. The molecule has 0 saturated heterocycles. The Morgan fingerprint density at radius 1 is 1.06 bits per heavy atom. The number of benzene rings is 2. The summed E-state index contributed by atoms with van der Waals surface area (Å²) in [4.78, 5) is 27.1. The van der Waals surface area contributed by atoms with Crippen LogP contribution >= 0.6 is 23.2 Å². The predicted octanol–water partition coefficient (Wildman–Crippen LogP) is 5.59. The summed E-state index contributed by atoms with van der Waals surface area (Å²) in [7, 11) is 1.54. The molecule has 0 aliphatic rings. The van der Waals surface area contributed by atoms with Crippen molar-refractivity contribution < 1.29 is 14.1 Å². The largest absolute Gasteiger partial charge is 0.360 e. The molecule has 2 amide bonds. The Morgan fingerprint density at radius 2 is 1.65 bits per heavy atom. The fraction of sp³-hybridized carbons (Fsp3) is 0.261. The van der Waals surface area contributed by atoms with Crippen LogP contribution < -0.4 is 5.32 Å². The van der Waals surface area contributed by atoms with Crippen molar-refractivity contribution in [3.63, 3.8) is 0 Å². The summed E-state index contributed by atoms with van der Waals surface area (Å²) >= 11 is 12.6. The zero-order valence-electron chi connectivity index (χ0n) is 18.0. The van der Waals surface area contributed by atoms with Gasteiger partial charge in [-0.3, -0.25) is 9.59 Å². The van der Waals surface area contributed by atoms with Crippen LogP contribution in [0.1, 0.15) is 32.8 Å². The second-order valence-electron chi connectivity index (χ2n) is 7.54. The number of anilines is 1. The molecular weight excluding hydrogens is 437 g/mol. The highest BCUT2D eigenvalue weighted by molar-refractivity contribution is 6.39. The molecule has 0 aliphatic carbocycles. The molecule has 8 heteroatoms. The van der Waals surface area contributed by atoms with Gasteiger partial charge in [0.1, 0.15) is 17.0 Å². The van der Waals surface area contributed by atoms with Crippen molar-refractivity contribution in [3.05, 3.63) is 68.4 Å². The summed E-state index contributed by atoms with van der Waals surface area (Å²) < 4.78 is 5.26. The van der Waals surface area contributed by atoms with Gasteiger partial charge in [-0.1, -0.05) is 52.1 Å². The lowest BCUT2D eigenvalue weighted by atomic mass is 10.0. The lowest BCUT2D eigenvalue weighted by molar-refractivity contribution is -0.116. The van der Waals surface area contributed by atoms with E-state index in [2.05, 4.69) is 10.5 Å². The van der Waals surface area contributed by atoms with Crippen LogP contribution in [0.25, 0.3) is 11.3 Å². The van der Waals surface area contributed by atoms with E-state index in [0.29, 0.717) is 21.4 Å². The van der Waals surface area contributed by atoms with E-state index in [9.17, 15) is 9.59 Å². The van der Waals surface area contributed by atoms with E-state index in [-0.39, 0.29) is 23.7 Å². The molecule has 1 N–H and O–H groups in total. The number of carbonyl (C=O) groups excluding carboxylic acids is 2. The predicted molar refractivity (Wildman–Crippen MR) is 123 cm³/mol. The number of likely N-dealkylation sites (N-methyl/N-ethyl adjacent to an activating group) is 1. The Balaban J connectivity index is 1.83. The number of rotatable bonds is 5. The van der Waals surface area contributed by atoms with Crippen LogP contribution in [-0.4, -0.2) is 35.5 Å². The Hall–Kier alpha value is -2.83. The SMILES string of the molecule is Cc1cc(C)c(NC(=O)CN(C)C(=O)c2c(-c3c(Cl)cccc3Cl)noc2C)c(C)c1. The van der Waals surface area contributed by atoms with Crippen molar-refractivity contribution >= 4 is 40.7 Å². The van der Waals surface area contributed by atoms with E-state index in [4.69, 9.17) is 27.7 Å². The number of aromatic nitrogens is 1. The minimum Gasteiger partial charge on any atom is -0.360 e. The second-order valence-corrected chi connectivity index (χ2v) is 8.36. The number of halogens is 2. The molecule has 2 aromatic carbocycles. The summed E-state index contributed by atoms with van der Waals surface area (Å²) in [6.07, 6.45) is 0. The zero-order valence-corrected chi connectivity index (χ0v) is 19.5. The number of nitrogens with zero attached hydrogens (tertiary/aromatic N) is 2. The van der Waals surface area contributed by atoms with Gasteiger partial charge in [0.15, 0.2) is 0 Å². The Kier molecular flexibility index (Phi) is 6.72. The molecule has 0 saturated carbocycles. The van der Waals surface area contributed by atoms with Crippen molar-refractivity contribution in [1.29, 1.82) is 0 Å². The molecule has 6 nitrogen and oxygen atoms in total. The molecule has 0 bridgehead atoms. The monoisotopic (exact) mass is 459 g/mol. The van der Waals surface area contributed by atoms with Gasteiger partial charge in [-0.05, 0) is 51.0 Å². The Morgan fingerprint density at radius 3 is 2.23 bits per heavy atom. The highest BCUT2D eigenvalue weighted by atomic mass is 35.5. The first-order valence-electron chi connectivity index (χ1n) is 9.64. The molecule has 31 heavy (non-hydrogen) atoms. The van der Waals surface area contributed by atoms with Gasteiger partial charge >= 0.3 is 0 Å². The van der Waals surface area contributed by atoms with Crippen molar-refractivity contribution in [2.24, 2.45) is 0 Å². The summed E-state index contributed by atoms with van der Waals surface area (Å²) in [6.45, 7) is 7.35. The zero-order chi connectivity index (χ0) is 22.9. The first kappa shape index (κ1) is 22.8. The topological polar surface area (TPSA) is 75.4 Å². The molecule has 1 aromatic heterocycles. The lowest BCUT2D eigenvalue weighted by Crippen LogP contribution is -2.35. The molecule has 0 unspecified atom stereocenters. The van der Waals surface area contributed by atoms with Gasteiger partial charge in [-0.15, -0.1) is 0 Å². The van der Waals surface area contributed by atoms with E-state index >= 15 is 0 Å². The summed E-state index contributed by atoms with van der Waals surface area (Å²) in [6, 6.07) is 9.01. The number of hydrogen-bond donors (Lipinski definition) is 1. The van der Waals surface area contributed by atoms with E-state index in [1.165, 1.54) is 4.90 Å². The van der Waals surface area contributed by atoms with Crippen molar-refractivity contribution in [3.8, 4) is 11.3 Å². The maximum absolute atomic E-state index is 13.2. The average Bonchev–Trinajstić information content (AvgIpc) is 3.05. The highest BCUT2D eigenvalue weighted by Crippen LogP contribution is 2.37. The van der Waals surface area contributed by atoms with Crippen molar-refractivity contribution in [2.45, 2.75) is 27.7 Å². The molecule has 1 heterocycles. The summed E-state index contributed by atoms with van der Waals surface area (Å²) in [5.41, 5.74) is 4.67. The summed E-state index contributed by atoms with van der Waals surface area (Å²) in [5, 5.41) is 7.59. The van der Waals surface area contributed by atoms with E-state index in [1.54, 1.807) is 32.2 Å². The molecule has 0 aliphatic heterocycles. The van der Waals surface area contributed by atoms with Gasteiger partial charge < -0.3 is 14.7 Å².